The highest BCUT2D eigenvalue weighted by atomic mass is 16.2. The van der Waals surface area contributed by atoms with Gasteiger partial charge in [0.25, 0.3) is 0 Å². The van der Waals surface area contributed by atoms with E-state index in [0.29, 0.717) is 6.42 Å². The maximum Gasteiger partial charge on any atom is 0.227 e. The molecule has 2 aromatic carbocycles. The van der Waals surface area contributed by atoms with Crippen molar-refractivity contribution in [2.75, 3.05) is 31.5 Å². The van der Waals surface area contributed by atoms with Crippen LogP contribution in [0.4, 0.5) is 5.69 Å². The molecule has 1 unspecified atom stereocenters. The molecule has 5 heteroatoms. The van der Waals surface area contributed by atoms with E-state index in [1.54, 1.807) is 0 Å². The number of carbonyl (C=O) groups is 2. The van der Waals surface area contributed by atoms with Gasteiger partial charge in [0.2, 0.25) is 11.8 Å². The van der Waals surface area contributed by atoms with E-state index in [1.807, 2.05) is 29.2 Å². The molecule has 3 aliphatic rings. The summed E-state index contributed by atoms with van der Waals surface area (Å²) in [5, 5.41) is 6.49. The van der Waals surface area contributed by atoms with Gasteiger partial charge in [0, 0.05) is 24.7 Å². The smallest absolute Gasteiger partial charge is 0.227 e. The lowest BCUT2D eigenvalue weighted by atomic mass is 9.74. The second-order valence-corrected chi connectivity index (χ2v) is 10.0. The second kappa shape index (κ2) is 9.68. The third-order valence-corrected chi connectivity index (χ3v) is 8.10. The minimum Gasteiger partial charge on any atom is -0.342 e. The molecule has 2 N–H and O–H groups in total. The van der Waals surface area contributed by atoms with Crippen molar-refractivity contribution in [1.82, 2.24) is 10.2 Å². The zero-order valence-electron chi connectivity index (χ0n) is 19.4. The lowest BCUT2D eigenvalue weighted by Crippen LogP contribution is -2.45. The van der Waals surface area contributed by atoms with Crippen molar-refractivity contribution in [3.8, 4) is 0 Å². The number of para-hydroxylation sites is 1. The first kappa shape index (κ1) is 22.1. The van der Waals surface area contributed by atoms with Gasteiger partial charge in [-0.15, -0.1) is 0 Å². The van der Waals surface area contributed by atoms with Gasteiger partial charge >= 0.3 is 0 Å². The molecule has 2 heterocycles. The normalized spacial score (nSPS) is 21.9. The van der Waals surface area contributed by atoms with Crippen LogP contribution in [-0.2, 0) is 27.8 Å². The van der Waals surface area contributed by atoms with Crippen LogP contribution < -0.4 is 10.6 Å². The van der Waals surface area contributed by atoms with Crippen molar-refractivity contribution >= 4 is 17.5 Å². The Morgan fingerprint density at radius 3 is 2.64 bits per heavy atom. The van der Waals surface area contributed by atoms with E-state index in [1.165, 1.54) is 17.5 Å². The number of amides is 2. The van der Waals surface area contributed by atoms with Crippen LogP contribution in [0.3, 0.4) is 0 Å². The Labute approximate surface area is 196 Å². The summed E-state index contributed by atoms with van der Waals surface area (Å²) >= 11 is 0. The summed E-state index contributed by atoms with van der Waals surface area (Å²) in [6, 6.07) is 16.6. The van der Waals surface area contributed by atoms with Gasteiger partial charge in [0.05, 0.1) is 6.42 Å². The average molecular weight is 446 g/mol. The Morgan fingerprint density at radius 1 is 0.970 bits per heavy atom. The number of aryl methyl sites for hydroxylation is 1. The van der Waals surface area contributed by atoms with Gasteiger partial charge < -0.3 is 15.5 Å². The minimum absolute atomic E-state index is 0.0383. The van der Waals surface area contributed by atoms with E-state index in [2.05, 4.69) is 34.9 Å². The molecule has 2 aliphatic heterocycles. The number of nitrogens with zero attached hydrogens (tertiary/aromatic N) is 1. The highest BCUT2D eigenvalue weighted by Crippen LogP contribution is 2.46. The van der Waals surface area contributed by atoms with Crippen LogP contribution in [0.25, 0.3) is 0 Å². The maximum absolute atomic E-state index is 13.2. The van der Waals surface area contributed by atoms with Crippen molar-refractivity contribution < 1.29 is 9.59 Å². The maximum atomic E-state index is 13.2. The minimum atomic E-state index is 0.0383. The molecule has 1 aliphatic carbocycles. The molecule has 5 nitrogen and oxygen atoms in total. The highest BCUT2D eigenvalue weighted by Gasteiger charge is 2.41. The molecule has 5 rings (SSSR count). The summed E-state index contributed by atoms with van der Waals surface area (Å²) in [6.45, 7) is 3.50. The van der Waals surface area contributed by atoms with Crippen molar-refractivity contribution in [2.24, 2.45) is 5.92 Å². The van der Waals surface area contributed by atoms with Crippen molar-refractivity contribution in [3.05, 3.63) is 65.2 Å². The molecular weight excluding hydrogens is 410 g/mol. The van der Waals surface area contributed by atoms with Crippen LogP contribution in [0, 0.1) is 5.92 Å². The first-order valence-electron chi connectivity index (χ1n) is 12.6. The van der Waals surface area contributed by atoms with Crippen LogP contribution in [0.15, 0.2) is 48.5 Å². The Balaban J connectivity index is 1.21. The van der Waals surface area contributed by atoms with Gasteiger partial charge in [-0.05, 0) is 86.2 Å². The number of carbonyl (C=O) groups excluding carboxylic acids is 2. The van der Waals surface area contributed by atoms with E-state index in [0.717, 1.165) is 76.0 Å². The quantitative estimate of drug-likeness (QED) is 0.746. The molecule has 2 amide bonds. The number of hydrogen-bond donors (Lipinski definition) is 2. The van der Waals surface area contributed by atoms with Gasteiger partial charge in [0.1, 0.15) is 0 Å². The summed E-state index contributed by atoms with van der Waals surface area (Å²) < 4.78 is 0. The molecule has 2 aromatic rings. The van der Waals surface area contributed by atoms with E-state index >= 15 is 0 Å². The number of rotatable bonds is 4. The predicted molar refractivity (Wildman–Crippen MR) is 131 cm³/mol. The Bertz CT molecular complexity index is 1000. The largest absolute Gasteiger partial charge is 0.342 e. The van der Waals surface area contributed by atoms with Crippen LogP contribution in [-0.4, -0.2) is 42.9 Å². The Hall–Kier alpha value is -2.66. The fourth-order valence-corrected chi connectivity index (χ4v) is 6.05. The number of hydrogen-bond acceptors (Lipinski definition) is 3. The zero-order valence-corrected chi connectivity index (χ0v) is 19.4. The van der Waals surface area contributed by atoms with E-state index in [9.17, 15) is 9.59 Å². The molecule has 1 atom stereocenters. The molecule has 33 heavy (non-hydrogen) atoms. The third-order valence-electron chi connectivity index (χ3n) is 8.10. The number of likely N-dealkylation sites (tertiary alicyclic amines) is 1. The number of benzene rings is 2. The van der Waals surface area contributed by atoms with Crippen LogP contribution in [0.1, 0.15) is 55.2 Å². The summed E-state index contributed by atoms with van der Waals surface area (Å²) in [7, 11) is 0. The topological polar surface area (TPSA) is 61.4 Å². The van der Waals surface area contributed by atoms with Crippen molar-refractivity contribution in [3.63, 3.8) is 0 Å². The average Bonchev–Trinajstić information content (AvgIpc) is 3.01. The van der Waals surface area contributed by atoms with Gasteiger partial charge in [-0.1, -0.05) is 42.5 Å². The summed E-state index contributed by atoms with van der Waals surface area (Å²) in [5.41, 5.74) is 4.96. The molecular formula is C28H35N3O2. The second-order valence-electron chi connectivity index (χ2n) is 10.0. The Morgan fingerprint density at radius 2 is 1.76 bits per heavy atom. The highest BCUT2D eigenvalue weighted by molar-refractivity contribution is 5.94. The molecule has 2 fully saturated rings. The fraction of sp³-hybridized carbons (Fsp3) is 0.500. The SMILES string of the molecule is O=C(Nc1ccccc1CC(=O)N1CCC2(CCc3ccccc32)CC1)C1CCCNCC1. The standard InChI is InChI=1S/C28H35N3O2/c32-26(31-18-14-28(15-19-31)13-11-21-6-1-3-9-24(21)28)20-23-7-2-4-10-25(23)30-27(33)22-8-5-16-29-17-12-22/h1-4,6-7,9-10,22,29H,5,8,11-20H2,(H,30,33). The first-order valence-corrected chi connectivity index (χ1v) is 12.6. The summed E-state index contributed by atoms with van der Waals surface area (Å²) in [4.78, 5) is 28.1. The van der Waals surface area contributed by atoms with E-state index in [-0.39, 0.29) is 23.1 Å². The van der Waals surface area contributed by atoms with E-state index in [4.69, 9.17) is 0 Å². The van der Waals surface area contributed by atoms with Crippen molar-refractivity contribution in [2.45, 2.75) is 56.8 Å². The molecule has 0 radical (unpaired) electrons. The summed E-state index contributed by atoms with van der Waals surface area (Å²) in [6.07, 6.45) is 7.61. The van der Waals surface area contributed by atoms with Gasteiger partial charge in [-0.2, -0.15) is 0 Å². The van der Waals surface area contributed by atoms with Gasteiger partial charge in [-0.3, -0.25) is 9.59 Å². The molecule has 0 aromatic heterocycles. The van der Waals surface area contributed by atoms with E-state index < -0.39 is 0 Å². The van der Waals surface area contributed by atoms with Crippen LogP contribution in [0.5, 0.6) is 0 Å². The zero-order chi connectivity index (χ0) is 22.7. The number of nitrogens with one attached hydrogen (secondary N) is 2. The molecule has 0 bridgehead atoms. The lowest BCUT2D eigenvalue weighted by molar-refractivity contribution is -0.132. The number of fused-ring (bicyclic) bond motifs is 2. The number of piperidine rings is 1. The predicted octanol–water partition coefficient (Wildman–Crippen LogP) is 4.06. The van der Waals surface area contributed by atoms with Gasteiger partial charge in [-0.25, -0.2) is 0 Å². The molecule has 1 spiro atoms. The van der Waals surface area contributed by atoms with Crippen LogP contribution in [0.2, 0.25) is 0 Å². The lowest BCUT2D eigenvalue weighted by Gasteiger charge is -2.40. The first-order chi connectivity index (χ1) is 16.1. The molecule has 0 saturated carbocycles. The van der Waals surface area contributed by atoms with Crippen molar-refractivity contribution in [1.29, 1.82) is 0 Å². The van der Waals surface area contributed by atoms with Crippen LogP contribution >= 0.6 is 0 Å². The van der Waals surface area contributed by atoms with Gasteiger partial charge in [0.15, 0.2) is 0 Å². The fourth-order valence-electron chi connectivity index (χ4n) is 6.05. The summed E-state index contributed by atoms with van der Waals surface area (Å²) in [5.74, 6) is 0.284. The Kier molecular flexibility index (Phi) is 6.50. The monoisotopic (exact) mass is 445 g/mol. The third kappa shape index (κ3) is 4.70. The molecule has 174 valence electrons. The number of anilines is 1. The molecule has 2 saturated heterocycles.